The Morgan fingerprint density at radius 3 is 2.24 bits per heavy atom. The van der Waals surface area contributed by atoms with Crippen molar-refractivity contribution in [3.63, 3.8) is 0 Å². The number of nitrogens with zero attached hydrogens (tertiary/aromatic N) is 1. The van der Waals surface area contributed by atoms with Crippen LogP contribution in [-0.2, 0) is 0 Å². The van der Waals surface area contributed by atoms with Crippen molar-refractivity contribution in [2.45, 2.75) is 19.8 Å². The molecule has 0 saturated carbocycles. The molecule has 0 spiro atoms. The highest BCUT2D eigenvalue weighted by atomic mass is 16.5. The van der Waals surface area contributed by atoms with Crippen molar-refractivity contribution >= 4 is 0 Å². The van der Waals surface area contributed by atoms with Crippen LogP contribution in [0.5, 0.6) is 11.5 Å². The number of aromatic nitrogens is 2. The Labute approximate surface area is 170 Å². The van der Waals surface area contributed by atoms with Gasteiger partial charge in [-0.1, -0.05) is 74.0 Å². The van der Waals surface area contributed by atoms with E-state index in [0.29, 0.717) is 23.7 Å². The van der Waals surface area contributed by atoms with Crippen LogP contribution in [0.4, 0.5) is 0 Å². The van der Waals surface area contributed by atoms with Crippen molar-refractivity contribution in [3.8, 4) is 45.4 Å². The molecule has 29 heavy (non-hydrogen) atoms. The van der Waals surface area contributed by atoms with E-state index in [1.165, 1.54) is 0 Å². The van der Waals surface area contributed by atoms with Crippen molar-refractivity contribution in [2.75, 3.05) is 6.61 Å². The Bertz CT molecular complexity index is 1020. The molecular weight excluding hydrogens is 360 g/mol. The van der Waals surface area contributed by atoms with E-state index < -0.39 is 0 Å². The van der Waals surface area contributed by atoms with Gasteiger partial charge in [-0.2, -0.15) is 0 Å². The molecule has 2 N–H and O–H groups in total. The molecule has 0 saturated heterocycles. The average Bonchev–Trinajstić information content (AvgIpc) is 3.20. The molecule has 4 heteroatoms. The second-order valence-electron chi connectivity index (χ2n) is 6.92. The van der Waals surface area contributed by atoms with Crippen molar-refractivity contribution in [1.29, 1.82) is 0 Å². The van der Waals surface area contributed by atoms with E-state index in [0.717, 1.165) is 35.4 Å². The van der Waals surface area contributed by atoms with Gasteiger partial charge >= 0.3 is 0 Å². The SMILES string of the molecule is CCCCOc1ccc(-c2nc(-c3ccccc3)c(-c3ccccc3)[nH]2)c(O)c1. The number of phenolic OH excluding ortho intramolecular Hbond substituents is 1. The predicted octanol–water partition coefficient (Wildman–Crippen LogP) is 6.30. The van der Waals surface area contributed by atoms with Gasteiger partial charge in [0, 0.05) is 17.2 Å². The van der Waals surface area contributed by atoms with Gasteiger partial charge < -0.3 is 14.8 Å². The van der Waals surface area contributed by atoms with Crippen LogP contribution in [0.2, 0.25) is 0 Å². The lowest BCUT2D eigenvalue weighted by Gasteiger charge is -2.07. The monoisotopic (exact) mass is 384 g/mol. The van der Waals surface area contributed by atoms with E-state index in [-0.39, 0.29) is 5.75 Å². The molecule has 0 fully saturated rings. The number of hydrogen-bond donors (Lipinski definition) is 2. The number of H-pyrrole nitrogens is 1. The van der Waals surface area contributed by atoms with Gasteiger partial charge in [-0.15, -0.1) is 0 Å². The summed E-state index contributed by atoms with van der Waals surface area (Å²) in [6, 6.07) is 25.5. The quantitative estimate of drug-likeness (QED) is 0.368. The normalized spacial score (nSPS) is 10.8. The maximum Gasteiger partial charge on any atom is 0.142 e. The van der Waals surface area contributed by atoms with Crippen LogP contribution in [0, 0.1) is 0 Å². The number of phenols is 1. The average molecular weight is 384 g/mol. The molecule has 0 radical (unpaired) electrons. The standard InChI is InChI=1S/C25H24N2O2/c1-2-3-16-29-20-14-15-21(22(28)17-20)25-26-23(18-10-6-4-7-11-18)24(27-25)19-12-8-5-9-13-19/h4-15,17,28H,2-3,16H2,1H3,(H,26,27). The minimum Gasteiger partial charge on any atom is -0.507 e. The highest BCUT2D eigenvalue weighted by Gasteiger charge is 2.17. The van der Waals surface area contributed by atoms with E-state index in [2.05, 4.69) is 11.9 Å². The number of unbranched alkanes of at least 4 members (excludes halogenated alkanes) is 1. The van der Waals surface area contributed by atoms with E-state index >= 15 is 0 Å². The van der Waals surface area contributed by atoms with Crippen molar-refractivity contribution < 1.29 is 9.84 Å². The highest BCUT2D eigenvalue weighted by molar-refractivity contribution is 5.82. The zero-order chi connectivity index (χ0) is 20.1. The Kier molecular flexibility index (Phi) is 5.61. The molecule has 0 aliphatic heterocycles. The lowest BCUT2D eigenvalue weighted by Crippen LogP contribution is -1.96. The molecule has 0 amide bonds. The van der Waals surface area contributed by atoms with Crippen molar-refractivity contribution in [2.24, 2.45) is 0 Å². The van der Waals surface area contributed by atoms with E-state index in [1.807, 2.05) is 72.8 Å². The minimum atomic E-state index is 0.145. The summed E-state index contributed by atoms with van der Waals surface area (Å²) in [6.45, 7) is 2.77. The first kappa shape index (κ1) is 18.8. The molecular formula is C25H24N2O2. The topological polar surface area (TPSA) is 58.1 Å². The summed E-state index contributed by atoms with van der Waals surface area (Å²) in [6.07, 6.45) is 2.06. The van der Waals surface area contributed by atoms with Gasteiger partial charge in [0.25, 0.3) is 0 Å². The molecule has 0 aliphatic carbocycles. The number of nitrogens with one attached hydrogen (secondary N) is 1. The first-order chi connectivity index (χ1) is 14.3. The zero-order valence-corrected chi connectivity index (χ0v) is 16.4. The van der Waals surface area contributed by atoms with Gasteiger partial charge in [-0.05, 0) is 18.6 Å². The van der Waals surface area contributed by atoms with Gasteiger partial charge in [-0.3, -0.25) is 0 Å². The first-order valence-corrected chi connectivity index (χ1v) is 9.93. The van der Waals surface area contributed by atoms with Gasteiger partial charge in [0.05, 0.1) is 23.6 Å². The van der Waals surface area contributed by atoms with Crippen LogP contribution in [-0.4, -0.2) is 21.7 Å². The second-order valence-corrected chi connectivity index (χ2v) is 6.92. The van der Waals surface area contributed by atoms with Crippen molar-refractivity contribution in [1.82, 2.24) is 9.97 Å². The lowest BCUT2D eigenvalue weighted by atomic mass is 10.1. The molecule has 4 aromatic rings. The molecule has 1 heterocycles. The number of imidazole rings is 1. The summed E-state index contributed by atoms with van der Waals surface area (Å²) < 4.78 is 5.70. The summed E-state index contributed by atoms with van der Waals surface area (Å²) in [5, 5.41) is 10.6. The first-order valence-electron chi connectivity index (χ1n) is 9.93. The highest BCUT2D eigenvalue weighted by Crippen LogP contribution is 2.36. The van der Waals surface area contributed by atoms with Crippen LogP contribution in [0.3, 0.4) is 0 Å². The smallest absolute Gasteiger partial charge is 0.142 e. The lowest BCUT2D eigenvalue weighted by molar-refractivity contribution is 0.308. The van der Waals surface area contributed by atoms with Crippen LogP contribution >= 0.6 is 0 Å². The number of aromatic amines is 1. The molecule has 4 nitrogen and oxygen atoms in total. The molecule has 4 rings (SSSR count). The minimum absolute atomic E-state index is 0.145. The molecule has 146 valence electrons. The Morgan fingerprint density at radius 1 is 0.897 bits per heavy atom. The number of rotatable bonds is 7. The van der Waals surface area contributed by atoms with Gasteiger partial charge in [0.2, 0.25) is 0 Å². The van der Waals surface area contributed by atoms with Crippen LogP contribution < -0.4 is 4.74 Å². The number of hydrogen-bond acceptors (Lipinski definition) is 3. The molecule has 1 aromatic heterocycles. The fraction of sp³-hybridized carbons (Fsp3) is 0.160. The summed E-state index contributed by atoms with van der Waals surface area (Å²) in [4.78, 5) is 8.25. The van der Waals surface area contributed by atoms with Gasteiger partial charge in [-0.25, -0.2) is 4.98 Å². The number of benzene rings is 3. The van der Waals surface area contributed by atoms with Crippen LogP contribution in [0.1, 0.15) is 19.8 Å². The Balaban J connectivity index is 1.74. The summed E-state index contributed by atoms with van der Waals surface area (Å²) in [5.74, 6) is 1.44. The maximum atomic E-state index is 10.6. The molecule has 0 atom stereocenters. The predicted molar refractivity (Wildman–Crippen MR) is 117 cm³/mol. The van der Waals surface area contributed by atoms with Crippen LogP contribution in [0.25, 0.3) is 33.9 Å². The zero-order valence-electron chi connectivity index (χ0n) is 16.4. The van der Waals surface area contributed by atoms with Crippen LogP contribution in [0.15, 0.2) is 78.9 Å². The summed E-state index contributed by atoms with van der Waals surface area (Å²) >= 11 is 0. The molecule has 0 unspecified atom stereocenters. The maximum absolute atomic E-state index is 10.6. The van der Waals surface area contributed by atoms with Gasteiger partial charge in [0.1, 0.15) is 17.3 Å². The van der Waals surface area contributed by atoms with Gasteiger partial charge in [0.15, 0.2) is 0 Å². The second kappa shape index (κ2) is 8.65. The molecule has 0 bridgehead atoms. The third kappa shape index (κ3) is 4.16. The van der Waals surface area contributed by atoms with E-state index in [9.17, 15) is 5.11 Å². The number of ether oxygens (including phenoxy) is 1. The van der Waals surface area contributed by atoms with Crippen molar-refractivity contribution in [3.05, 3.63) is 78.9 Å². The van der Waals surface area contributed by atoms with E-state index in [1.54, 1.807) is 6.07 Å². The summed E-state index contributed by atoms with van der Waals surface area (Å²) in [7, 11) is 0. The summed E-state index contributed by atoms with van der Waals surface area (Å²) in [5.41, 5.74) is 4.49. The molecule has 3 aromatic carbocycles. The fourth-order valence-corrected chi connectivity index (χ4v) is 3.26. The van der Waals surface area contributed by atoms with E-state index in [4.69, 9.17) is 9.72 Å². The largest absolute Gasteiger partial charge is 0.507 e. The Hall–Kier alpha value is -3.53. The fourth-order valence-electron chi connectivity index (χ4n) is 3.26. The molecule has 0 aliphatic rings. The third-order valence-electron chi connectivity index (χ3n) is 4.80. The third-order valence-corrected chi connectivity index (χ3v) is 4.80. The Morgan fingerprint density at radius 2 is 1.59 bits per heavy atom. The number of aromatic hydroxyl groups is 1.